The number of rotatable bonds is 5. The molecule has 1 spiro atoms. The van der Waals surface area contributed by atoms with Crippen molar-refractivity contribution in [3.63, 3.8) is 0 Å². The van der Waals surface area contributed by atoms with E-state index < -0.39 is 30.7 Å². The minimum atomic E-state index is -0.907. The molecule has 0 aromatic carbocycles. The molecule has 31 heavy (non-hydrogen) atoms. The monoisotopic (exact) mass is 435 g/mol. The van der Waals surface area contributed by atoms with E-state index in [1.54, 1.807) is 0 Å². The summed E-state index contributed by atoms with van der Waals surface area (Å²) in [5, 5.41) is 5.73. The normalized spacial score (nSPS) is 27.7. The number of carbonyl (C=O) groups excluding carboxylic acids is 4. The predicted molar refractivity (Wildman–Crippen MR) is 115 cm³/mol. The molecule has 2 N–H and O–H groups in total. The topological polar surface area (TPSA) is 105 Å². The van der Waals surface area contributed by atoms with Crippen LogP contribution in [0.2, 0.25) is 0 Å². The molecule has 0 unspecified atom stereocenters. The molecule has 174 valence electrons. The quantitative estimate of drug-likeness (QED) is 0.392. The van der Waals surface area contributed by atoms with Crippen molar-refractivity contribution in [3.8, 4) is 0 Å². The van der Waals surface area contributed by atoms with Gasteiger partial charge in [-0.3, -0.25) is 19.3 Å². The number of esters is 1. The largest absolute Gasteiger partial charge is 0.454 e. The van der Waals surface area contributed by atoms with Crippen molar-refractivity contribution in [2.75, 3.05) is 13.2 Å². The molecule has 1 aliphatic heterocycles. The minimum absolute atomic E-state index is 0.128. The molecule has 3 rings (SSSR count). The van der Waals surface area contributed by atoms with Crippen LogP contribution in [0.25, 0.3) is 0 Å². The fraction of sp³-hybridized carbons (Fsp3) is 0.826. The zero-order chi connectivity index (χ0) is 22.6. The summed E-state index contributed by atoms with van der Waals surface area (Å²) in [7, 11) is 0. The van der Waals surface area contributed by atoms with E-state index in [0.29, 0.717) is 18.8 Å². The Morgan fingerprint density at radius 3 is 2.26 bits per heavy atom. The van der Waals surface area contributed by atoms with E-state index in [-0.39, 0.29) is 23.3 Å². The Morgan fingerprint density at radius 2 is 1.68 bits per heavy atom. The first kappa shape index (κ1) is 23.5. The third-order valence-electron chi connectivity index (χ3n) is 7.18. The van der Waals surface area contributed by atoms with Crippen molar-refractivity contribution < 1.29 is 23.9 Å². The van der Waals surface area contributed by atoms with Gasteiger partial charge in [-0.05, 0) is 49.9 Å². The molecule has 8 heteroatoms. The van der Waals surface area contributed by atoms with Gasteiger partial charge >= 0.3 is 12.0 Å². The van der Waals surface area contributed by atoms with E-state index in [1.807, 2.05) is 0 Å². The second kappa shape index (κ2) is 9.57. The average Bonchev–Trinajstić information content (AvgIpc) is 2.88. The Hall–Kier alpha value is -2.12. The molecule has 8 nitrogen and oxygen atoms in total. The summed E-state index contributed by atoms with van der Waals surface area (Å²) < 4.78 is 5.05. The van der Waals surface area contributed by atoms with Gasteiger partial charge in [0.2, 0.25) is 0 Å². The first-order chi connectivity index (χ1) is 14.6. The van der Waals surface area contributed by atoms with Gasteiger partial charge in [0.1, 0.15) is 12.1 Å². The third-order valence-corrected chi connectivity index (χ3v) is 7.18. The van der Waals surface area contributed by atoms with E-state index in [4.69, 9.17) is 4.74 Å². The van der Waals surface area contributed by atoms with Gasteiger partial charge in [-0.2, -0.15) is 0 Å². The van der Waals surface area contributed by atoms with E-state index in [0.717, 1.165) is 43.4 Å². The van der Waals surface area contributed by atoms with Crippen molar-refractivity contribution >= 4 is 23.8 Å². The number of nitrogens with zero attached hydrogens (tertiary/aromatic N) is 1. The molecule has 0 atom stereocenters. The van der Waals surface area contributed by atoms with Crippen LogP contribution in [0.4, 0.5) is 4.79 Å². The summed E-state index contributed by atoms with van der Waals surface area (Å²) in [6, 6.07) is -0.429. The molecule has 2 saturated carbocycles. The molecule has 3 aliphatic rings. The average molecular weight is 436 g/mol. The Labute approximate surface area is 184 Å². The van der Waals surface area contributed by atoms with Gasteiger partial charge in [0.05, 0.1) is 0 Å². The zero-order valence-electron chi connectivity index (χ0n) is 19.1. The molecule has 1 heterocycles. The van der Waals surface area contributed by atoms with Crippen LogP contribution in [0.15, 0.2) is 0 Å². The highest BCUT2D eigenvalue weighted by Gasteiger charge is 2.53. The Balaban J connectivity index is 1.46. The van der Waals surface area contributed by atoms with Crippen LogP contribution >= 0.6 is 0 Å². The third kappa shape index (κ3) is 5.77. The molecule has 0 bridgehead atoms. The molecule has 3 fully saturated rings. The molecule has 0 aromatic heterocycles. The van der Waals surface area contributed by atoms with Gasteiger partial charge in [0.25, 0.3) is 11.8 Å². The van der Waals surface area contributed by atoms with Gasteiger partial charge in [0, 0.05) is 6.04 Å². The van der Waals surface area contributed by atoms with Crippen molar-refractivity contribution in [3.05, 3.63) is 0 Å². The lowest BCUT2D eigenvalue weighted by molar-refractivity contribution is -0.151. The summed E-state index contributed by atoms with van der Waals surface area (Å²) in [4.78, 5) is 50.6. The minimum Gasteiger partial charge on any atom is -0.454 e. The van der Waals surface area contributed by atoms with Crippen molar-refractivity contribution in [1.82, 2.24) is 15.5 Å². The number of hydrogen-bond acceptors (Lipinski definition) is 5. The number of amides is 4. The van der Waals surface area contributed by atoms with Gasteiger partial charge in [-0.25, -0.2) is 4.79 Å². The van der Waals surface area contributed by atoms with Crippen LogP contribution in [0.5, 0.6) is 0 Å². The maximum Gasteiger partial charge on any atom is 0.326 e. The van der Waals surface area contributed by atoms with Gasteiger partial charge < -0.3 is 15.4 Å². The highest BCUT2D eigenvalue weighted by molar-refractivity contribution is 6.08. The molecule has 0 radical (unpaired) electrons. The number of urea groups is 1. The number of hydrogen-bond donors (Lipinski definition) is 2. The fourth-order valence-electron chi connectivity index (χ4n) is 5.15. The zero-order valence-corrected chi connectivity index (χ0v) is 19.1. The summed E-state index contributed by atoms with van der Waals surface area (Å²) >= 11 is 0. The van der Waals surface area contributed by atoms with E-state index in [9.17, 15) is 19.2 Å². The lowest BCUT2D eigenvalue weighted by Gasteiger charge is -2.40. The van der Waals surface area contributed by atoms with Gasteiger partial charge in [0.15, 0.2) is 6.61 Å². The summed E-state index contributed by atoms with van der Waals surface area (Å²) in [5.74, 6) is -0.951. The predicted octanol–water partition coefficient (Wildman–Crippen LogP) is 2.90. The smallest absolute Gasteiger partial charge is 0.326 e. The molecule has 1 saturated heterocycles. The maximum atomic E-state index is 13.0. The van der Waals surface area contributed by atoms with E-state index in [1.165, 1.54) is 12.8 Å². The van der Waals surface area contributed by atoms with Gasteiger partial charge in [-0.1, -0.05) is 46.5 Å². The van der Waals surface area contributed by atoms with Crippen LogP contribution in [0.1, 0.15) is 85.0 Å². The number of ether oxygens (including phenoxy) is 1. The first-order valence-corrected chi connectivity index (χ1v) is 11.7. The van der Waals surface area contributed by atoms with Crippen molar-refractivity contribution in [2.45, 2.75) is 96.6 Å². The SMILES string of the molecule is CC(C)(C)C1CCC2(CC1)NC(=O)N(CC(=O)OCC(=O)NC1CCCCCC1)C2=O. The molecular formula is C23H37N3O5. The lowest BCUT2D eigenvalue weighted by Crippen LogP contribution is -2.50. The molecule has 4 amide bonds. The fourth-order valence-corrected chi connectivity index (χ4v) is 5.15. The standard InChI is InChI=1S/C23H37N3O5/c1-22(2,3)16-10-12-23(13-11-16)20(29)26(21(30)25-23)14-19(28)31-15-18(27)24-17-8-6-4-5-7-9-17/h16-17H,4-15H2,1-3H3,(H,24,27)(H,25,30). The van der Waals surface area contributed by atoms with Crippen LogP contribution in [-0.2, 0) is 19.1 Å². The molecule has 2 aliphatic carbocycles. The Bertz CT molecular complexity index is 698. The van der Waals surface area contributed by atoms with Crippen LogP contribution < -0.4 is 10.6 Å². The lowest BCUT2D eigenvalue weighted by atomic mass is 9.67. The Kier molecular flexibility index (Phi) is 7.27. The first-order valence-electron chi connectivity index (χ1n) is 11.7. The highest BCUT2D eigenvalue weighted by Crippen LogP contribution is 2.43. The van der Waals surface area contributed by atoms with Crippen molar-refractivity contribution in [2.24, 2.45) is 11.3 Å². The van der Waals surface area contributed by atoms with Crippen LogP contribution in [0.3, 0.4) is 0 Å². The van der Waals surface area contributed by atoms with Crippen LogP contribution in [0, 0.1) is 11.3 Å². The summed E-state index contributed by atoms with van der Waals surface area (Å²) in [6.45, 7) is 5.72. The maximum absolute atomic E-state index is 13.0. The van der Waals surface area contributed by atoms with Gasteiger partial charge in [-0.15, -0.1) is 0 Å². The highest BCUT2D eigenvalue weighted by atomic mass is 16.5. The molecule has 0 aromatic rings. The number of imide groups is 1. The number of nitrogens with one attached hydrogen (secondary N) is 2. The van der Waals surface area contributed by atoms with Crippen molar-refractivity contribution in [1.29, 1.82) is 0 Å². The number of carbonyl (C=O) groups is 4. The second-order valence-electron chi connectivity index (χ2n) is 10.5. The summed E-state index contributed by atoms with van der Waals surface area (Å²) in [5.41, 5.74) is -0.746. The Morgan fingerprint density at radius 1 is 1.06 bits per heavy atom. The second-order valence-corrected chi connectivity index (χ2v) is 10.5. The van der Waals surface area contributed by atoms with E-state index >= 15 is 0 Å². The molecular weight excluding hydrogens is 398 g/mol. The summed E-state index contributed by atoms with van der Waals surface area (Å²) in [6.07, 6.45) is 9.32. The van der Waals surface area contributed by atoms with E-state index in [2.05, 4.69) is 31.4 Å². The van der Waals surface area contributed by atoms with Crippen LogP contribution in [-0.4, -0.2) is 53.4 Å².